The summed E-state index contributed by atoms with van der Waals surface area (Å²) in [7, 11) is 1.35. The number of nitrogens with one attached hydrogen (secondary N) is 1. The molecule has 0 radical (unpaired) electrons. The van der Waals surface area contributed by atoms with Crippen LogP contribution in [0.15, 0.2) is 30.3 Å². The van der Waals surface area contributed by atoms with Crippen molar-refractivity contribution >= 4 is 34.0 Å². The fraction of sp³-hybridized carbons (Fsp3) is 0.412. The van der Waals surface area contributed by atoms with Gasteiger partial charge in [0.05, 0.1) is 7.11 Å². The molecule has 0 amide bonds. The van der Waals surface area contributed by atoms with E-state index in [0.717, 1.165) is 37.6 Å². The van der Waals surface area contributed by atoms with Crippen LogP contribution in [0.1, 0.15) is 28.1 Å². The molecule has 0 spiro atoms. The van der Waals surface area contributed by atoms with Gasteiger partial charge in [-0.3, -0.25) is 0 Å². The van der Waals surface area contributed by atoms with Crippen molar-refractivity contribution in [1.29, 1.82) is 0 Å². The molecule has 0 aliphatic carbocycles. The molecule has 1 fully saturated rings. The Morgan fingerprint density at radius 3 is 3.00 bits per heavy atom. The van der Waals surface area contributed by atoms with Crippen LogP contribution in [0.25, 0.3) is 0 Å². The second-order valence-electron chi connectivity index (χ2n) is 5.76. The SMILES string of the molecule is COC(=O)c1sc(N2CCCC(NCc3ccccc3)C2)nc1Cl. The first kappa shape index (κ1) is 17.2. The van der Waals surface area contributed by atoms with E-state index < -0.39 is 5.97 Å². The van der Waals surface area contributed by atoms with E-state index >= 15 is 0 Å². The standard InChI is InChI=1S/C17H20ClN3O2S/c1-23-16(22)14-15(18)20-17(24-14)21-9-5-8-13(11-21)19-10-12-6-3-2-4-7-12/h2-4,6-7,13,19H,5,8-11H2,1H3. The molecule has 5 nitrogen and oxygen atoms in total. The molecule has 24 heavy (non-hydrogen) atoms. The lowest BCUT2D eigenvalue weighted by molar-refractivity contribution is 0.0606. The Morgan fingerprint density at radius 2 is 2.25 bits per heavy atom. The maximum absolute atomic E-state index is 11.7. The summed E-state index contributed by atoms with van der Waals surface area (Å²) in [5.74, 6) is -0.431. The van der Waals surface area contributed by atoms with E-state index in [9.17, 15) is 4.79 Å². The molecule has 0 bridgehead atoms. The highest BCUT2D eigenvalue weighted by Crippen LogP contribution is 2.31. The van der Waals surface area contributed by atoms with E-state index in [2.05, 4.69) is 39.5 Å². The number of piperidine rings is 1. The lowest BCUT2D eigenvalue weighted by Crippen LogP contribution is -2.45. The number of carbonyl (C=O) groups is 1. The van der Waals surface area contributed by atoms with Crippen LogP contribution < -0.4 is 10.2 Å². The Kier molecular flexibility index (Phi) is 5.71. The first-order valence-electron chi connectivity index (χ1n) is 7.94. The van der Waals surface area contributed by atoms with E-state index in [0.29, 0.717) is 10.9 Å². The zero-order chi connectivity index (χ0) is 16.9. The molecule has 1 atom stereocenters. The molecule has 1 unspecified atom stereocenters. The van der Waals surface area contributed by atoms with Crippen LogP contribution in [0, 0.1) is 0 Å². The minimum atomic E-state index is -0.431. The third-order valence-electron chi connectivity index (χ3n) is 4.07. The van der Waals surface area contributed by atoms with Gasteiger partial charge in [-0.1, -0.05) is 53.3 Å². The number of methoxy groups -OCH3 is 1. The highest BCUT2D eigenvalue weighted by Gasteiger charge is 2.25. The number of nitrogens with zero attached hydrogens (tertiary/aromatic N) is 2. The highest BCUT2D eigenvalue weighted by molar-refractivity contribution is 7.18. The molecule has 1 saturated heterocycles. The monoisotopic (exact) mass is 365 g/mol. The largest absolute Gasteiger partial charge is 0.465 e. The van der Waals surface area contributed by atoms with Gasteiger partial charge in [-0.25, -0.2) is 9.78 Å². The summed E-state index contributed by atoms with van der Waals surface area (Å²) < 4.78 is 4.74. The van der Waals surface area contributed by atoms with Gasteiger partial charge in [0, 0.05) is 25.7 Å². The summed E-state index contributed by atoms with van der Waals surface area (Å²) in [6.45, 7) is 2.64. The maximum atomic E-state index is 11.7. The van der Waals surface area contributed by atoms with E-state index in [1.54, 1.807) is 0 Å². The van der Waals surface area contributed by atoms with Crippen molar-refractivity contribution in [2.45, 2.75) is 25.4 Å². The van der Waals surface area contributed by atoms with Crippen LogP contribution in [0.4, 0.5) is 5.13 Å². The second kappa shape index (κ2) is 7.96. The van der Waals surface area contributed by atoms with Gasteiger partial charge < -0.3 is 15.0 Å². The molecule has 7 heteroatoms. The summed E-state index contributed by atoms with van der Waals surface area (Å²) in [6, 6.07) is 10.8. The van der Waals surface area contributed by atoms with Crippen LogP contribution in [0.3, 0.4) is 0 Å². The minimum absolute atomic E-state index is 0.223. The van der Waals surface area contributed by atoms with Gasteiger partial charge in [-0.05, 0) is 18.4 Å². The van der Waals surface area contributed by atoms with Crippen molar-refractivity contribution in [2.75, 3.05) is 25.1 Å². The van der Waals surface area contributed by atoms with Crippen LogP contribution in [0.2, 0.25) is 5.15 Å². The number of hydrogen-bond donors (Lipinski definition) is 1. The minimum Gasteiger partial charge on any atom is -0.465 e. The van der Waals surface area contributed by atoms with Gasteiger partial charge in [-0.15, -0.1) is 0 Å². The van der Waals surface area contributed by atoms with Gasteiger partial charge in [-0.2, -0.15) is 0 Å². The summed E-state index contributed by atoms with van der Waals surface area (Å²) in [5, 5.41) is 4.61. The molecule has 1 aromatic heterocycles. The third-order valence-corrected chi connectivity index (χ3v) is 5.56. The van der Waals surface area contributed by atoms with Gasteiger partial charge in [0.25, 0.3) is 0 Å². The van der Waals surface area contributed by atoms with Crippen LogP contribution >= 0.6 is 22.9 Å². The first-order chi connectivity index (χ1) is 11.7. The van der Waals surface area contributed by atoms with Crippen LogP contribution in [-0.4, -0.2) is 37.2 Å². The lowest BCUT2D eigenvalue weighted by atomic mass is 10.1. The number of thiazole rings is 1. The van der Waals surface area contributed by atoms with Crippen molar-refractivity contribution in [3.05, 3.63) is 45.9 Å². The second-order valence-corrected chi connectivity index (χ2v) is 7.10. The van der Waals surface area contributed by atoms with E-state index in [1.807, 2.05) is 6.07 Å². The number of hydrogen-bond acceptors (Lipinski definition) is 6. The van der Waals surface area contributed by atoms with Crippen molar-refractivity contribution in [2.24, 2.45) is 0 Å². The molecule has 1 aliphatic rings. The highest BCUT2D eigenvalue weighted by atomic mass is 35.5. The Morgan fingerprint density at radius 1 is 1.46 bits per heavy atom. The van der Waals surface area contributed by atoms with E-state index in [-0.39, 0.29) is 5.15 Å². The first-order valence-corrected chi connectivity index (χ1v) is 9.13. The van der Waals surface area contributed by atoms with Crippen molar-refractivity contribution in [3.8, 4) is 0 Å². The number of halogens is 1. The Bertz CT molecular complexity index is 692. The molecule has 1 aliphatic heterocycles. The summed E-state index contributed by atoms with van der Waals surface area (Å²) in [6.07, 6.45) is 2.21. The van der Waals surface area contributed by atoms with Gasteiger partial charge in [0.15, 0.2) is 15.2 Å². The van der Waals surface area contributed by atoms with Crippen LogP contribution in [0.5, 0.6) is 0 Å². The number of esters is 1. The predicted molar refractivity (Wildman–Crippen MR) is 97.0 cm³/mol. The number of anilines is 1. The number of rotatable bonds is 5. The average molecular weight is 366 g/mol. The number of ether oxygens (including phenoxy) is 1. The Hall–Kier alpha value is -1.63. The lowest BCUT2D eigenvalue weighted by Gasteiger charge is -2.33. The molecule has 0 saturated carbocycles. The van der Waals surface area contributed by atoms with Crippen LogP contribution in [-0.2, 0) is 11.3 Å². The normalized spacial score (nSPS) is 17.8. The quantitative estimate of drug-likeness (QED) is 0.823. The molecule has 1 N–H and O–H groups in total. The summed E-state index contributed by atoms with van der Waals surface area (Å²) in [4.78, 5) is 18.6. The van der Waals surface area contributed by atoms with Crippen molar-refractivity contribution in [3.63, 3.8) is 0 Å². The summed E-state index contributed by atoms with van der Waals surface area (Å²) in [5.41, 5.74) is 1.28. The van der Waals surface area contributed by atoms with Gasteiger partial charge in [0.2, 0.25) is 0 Å². The molecule has 2 heterocycles. The fourth-order valence-electron chi connectivity index (χ4n) is 2.82. The molecular formula is C17H20ClN3O2S. The Labute approximate surface area is 150 Å². The zero-order valence-electron chi connectivity index (χ0n) is 13.5. The topological polar surface area (TPSA) is 54.5 Å². The average Bonchev–Trinajstić information content (AvgIpc) is 3.02. The zero-order valence-corrected chi connectivity index (χ0v) is 15.1. The molecule has 128 valence electrons. The Balaban J connectivity index is 1.62. The maximum Gasteiger partial charge on any atom is 0.351 e. The molecule has 2 aromatic rings. The molecule has 1 aromatic carbocycles. The number of carbonyl (C=O) groups excluding carboxylic acids is 1. The van der Waals surface area contributed by atoms with Crippen molar-refractivity contribution < 1.29 is 9.53 Å². The molecule has 3 rings (SSSR count). The van der Waals surface area contributed by atoms with E-state index in [4.69, 9.17) is 16.3 Å². The smallest absolute Gasteiger partial charge is 0.351 e. The summed E-state index contributed by atoms with van der Waals surface area (Å²) >= 11 is 7.37. The van der Waals surface area contributed by atoms with Gasteiger partial charge >= 0.3 is 5.97 Å². The fourth-order valence-corrected chi connectivity index (χ4v) is 4.05. The van der Waals surface area contributed by atoms with Gasteiger partial charge in [0.1, 0.15) is 0 Å². The third kappa shape index (κ3) is 4.06. The van der Waals surface area contributed by atoms with Crippen molar-refractivity contribution in [1.82, 2.24) is 10.3 Å². The predicted octanol–water partition coefficient (Wildman–Crippen LogP) is 3.34. The number of benzene rings is 1. The number of aromatic nitrogens is 1. The van der Waals surface area contributed by atoms with E-state index in [1.165, 1.54) is 24.0 Å². The molecular weight excluding hydrogens is 346 g/mol.